The number of para-hydroxylation sites is 1. The molecule has 6 nitrogen and oxygen atoms in total. The zero-order valence-corrected chi connectivity index (χ0v) is 14.6. The molecule has 2 unspecified atom stereocenters. The lowest BCUT2D eigenvalue weighted by Crippen LogP contribution is -2.45. The fourth-order valence-corrected chi connectivity index (χ4v) is 4.47. The van der Waals surface area contributed by atoms with Crippen molar-refractivity contribution in [3.05, 3.63) is 53.1 Å². The van der Waals surface area contributed by atoms with Crippen LogP contribution in [0, 0.1) is 11.3 Å². The molecule has 1 N–H and O–H groups in total. The highest BCUT2D eigenvalue weighted by molar-refractivity contribution is 6.11. The molecule has 0 aromatic heterocycles. The van der Waals surface area contributed by atoms with E-state index in [9.17, 15) is 15.2 Å². The van der Waals surface area contributed by atoms with Crippen LogP contribution in [0.1, 0.15) is 29.5 Å². The van der Waals surface area contributed by atoms with E-state index in [0.717, 1.165) is 30.7 Å². The predicted molar refractivity (Wildman–Crippen MR) is 96.9 cm³/mol. The second-order valence-corrected chi connectivity index (χ2v) is 7.24. The monoisotopic (exact) mass is 362 g/mol. The largest absolute Gasteiger partial charge is 0.506 e. The molecular weight excluding hydrogens is 344 g/mol. The lowest BCUT2D eigenvalue weighted by atomic mass is 9.76. The minimum atomic E-state index is -0.982. The summed E-state index contributed by atoms with van der Waals surface area (Å²) in [4.78, 5) is 15.5. The molecule has 0 aliphatic carbocycles. The number of nitriles is 1. The molecule has 3 aliphatic rings. The van der Waals surface area contributed by atoms with Crippen molar-refractivity contribution >= 4 is 11.6 Å². The molecular formula is C21H18N2O4. The zero-order valence-electron chi connectivity index (χ0n) is 14.6. The molecule has 136 valence electrons. The van der Waals surface area contributed by atoms with E-state index in [4.69, 9.17) is 9.47 Å². The lowest BCUT2D eigenvalue weighted by Gasteiger charge is -2.25. The van der Waals surface area contributed by atoms with Crippen LogP contribution in [0.25, 0.3) is 0 Å². The first-order valence-electron chi connectivity index (χ1n) is 9.08. The summed E-state index contributed by atoms with van der Waals surface area (Å²) in [6.07, 6.45) is 1.99. The number of phenolic OH excluding ortho intramolecular Hbond substituents is 1. The van der Waals surface area contributed by atoms with Crippen LogP contribution in [-0.4, -0.2) is 36.9 Å². The number of fused-ring (bicyclic) bond motifs is 4. The third kappa shape index (κ3) is 2.12. The Bertz CT molecular complexity index is 990. The van der Waals surface area contributed by atoms with Gasteiger partial charge in [0.2, 0.25) is 5.91 Å². The molecule has 2 aromatic carbocycles. The first-order valence-corrected chi connectivity index (χ1v) is 9.08. The summed E-state index contributed by atoms with van der Waals surface area (Å²) in [5.74, 6) is 0.254. The van der Waals surface area contributed by atoms with E-state index < -0.39 is 5.41 Å². The maximum Gasteiger partial charge on any atom is 0.245 e. The summed E-state index contributed by atoms with van der Waals surface area (Å²) in [7, 11) is 0. The van der Waals surface area contributed by atoms with E-state index in [-0.39, 0.29) is 29.9 Å². The minimum Gasteiger partial charge on any atom is -0.506 e. The molecule has 0 saturated carbocycles. The highest BCUT2D eigenvalue weighted by atomic mass is 16.5. The molecule has 2 atom stereocenters. The third-order valence-corrected chi connectivity index (χ3v) is 5.80. The highest BCUT2D eigenvalue weighted by Gasteiger charge is 2.57. The maximum absolute atomic E-state index is 13.7. The number of ether oxygens (including phenoxy) is 2. The second-order valence-electron chi connectivity index (χ2n) is 7.24. The van der Waals surface area contributed by atoms with Gasteiger partial charge in [0.15, 0.2) is 0 Å². The Kier molecular flexibility index (Phi) is 3.43. The number of phenols is 1. The standard InChI is InChI=1S/C21H18N2O4/c22-10-13-8-16-19(9-18(13)24)27-12-21(16)15-5-1-2-6-17(15)23(20(21)25)11-14-4-3-7-26-14/h1-2,5-6,8-9,14,24H,3-4,7,11-12H2. The minimum absolute atomic E-state index is 0.0356. The van der Waals surface area contributed by atoms with E-state index in [2.05, 4.69) is 0 Å². The highest BCUT2D eigenvalue weighted by Crippen LogP contribution is 2.53. The summed E-state index contributed by atoms with van der Waals surface area (Å²) >= 11 is 0. The molecule has 1 saturated heterocycles. The van der Waals surface area contributed by atoms with Gasteiger partial charge in [0.25, 0.3) is 0 Å². The number of rotatable bonds is 2. The van der Waals surface area contributed by atoms with Crippen molar-refractivity contribution in [3.63, 3.8) is 0 Å². The first-order chi connectivity index (χ1) is 13.1. The van der Waals surface area contributed by atoms with Gasteiger partial charge in [-0.1, -0.05) is 18.2 Å². The Morgan fingerprint density at radius 1 is 1.30 bits per heavy atom. The van der Waals surface area contributed by atoms with Crippen molar-refractivity contribution in [2.75, 3.05) is 24.7 Å². The van der Waals surface area contributed by atoms with Crippen LogP contribution in [0.2, 0.25) is 0 Å². The third-order valence-electron chi connectivity index (χ3n) is 5.80. The van der Waals surface area contributed by atoms with Gasteiger partial charge in [0.05, 0.1) is 18.2 Å². The molecule has 3 heterocycles. The number of carbonyl (C=O) groups is 1. The SMILES string of the molecule is N#Cc1cc2c(cc1O)OCC21C(=O)N(CC2CCCO2)c2ccccc21. The molecule has 2 aromatic rings. The van der Waals surface area contributed by atoms with Gasteiger partial charge in [-0.2, -0.15) is 5.26 Å². The number of benzene rings is 2. The Hall–Kier alpha value is -3.04. The van der Waals surface area contributed by atoms with Gasteiger partial charge < -0.3 is 19.5 Å². The summed E-state index contributed by atoms with van der Waals surface area (Å²) in [6, 6.07) is 12.7. The summed E-state index contributed by atoms with van der Waals surface area (Å²) < 4.78 is 11.6. The quantitative estimate of drug-likeness (QED) is 0.887. The number of hydrogen-bond donors (Lipinski definition) is 1. The first kappa shape index (κ1) is 16.2. The normalized spacial score (nSPS) is 25.4. The van der Waals surface area contributed by atoms with Crippen LogP contribution in [0.4, 0.5) is 5.69 Å². The number of anilines is 1. The summed E-state index contributed by atoms with van der Waals surface area (Å²) in [6.45, 7) is 1.40. The maximum atomic E-state index is 13.7. The van der Waals surface area contributed by atoms with Crippen LogP contribution < -0.4 is 9.64 Å². The van der Waals surface area contributed by atoms with E-state index >= 15 is 0 Å². The lowest BCUT2D eigenvalue weighted by molar-refractivity contribution is -0.122. The average molecular weight is 362 g/mol. The van der Waals surface area contributed by atoms with Crippen LogP contribution in [0.15, 0.2) is 36.4 Å². The molecule has 1 fully saturated rings. The van der Waals surface area contributed by atoms with Crippen molar-refractivity contribution < 1.29 is 19.4 Å². The van der Waals surface area contributed by atoms with Gasteiger partial charge in [-0.25, -0.2) is 0 Å². The van der Waals surface area contributed by atoms with Gasteiger partial charge >= 0.3 is 0 Å². The number of hydrogen-bond acceptors (Lipinski definition) is 5. The Morgan fingerprint density at radius 2 is 2.15 bits per heavy atom. The van der Waals surface area contributed by atoms with Gasteiger partial charge in [-0.05, 0) is 30.5 Å². The predicted octanol–water partition coefficient (Wildman–Crippen LogP) is 2.47. The van der Waals surface area contributed by atoms with Crippen molar-refractivity contribution in [3.8, 4) is 17.6 Å². The molecule has 0 bridgehead atoms. The van der Waals surface area contributed by atoms with Crippen LogP contribution in [0.3, 0.4) is 0 Å². The van der Waals surface area contributed by atoms with Crippen molar-refractivity contribution in [1.29, 1.82) is 5.26 Å². The van der Waals surface area contributed by atoms with Crippen LogP contribution >= 0.6 is 0 Å². The average Bonchev–Trinajstić information content (AvgIpc) is 3.37. The van der Waals surface area contributed by atoms with Crippen molar-refractivity contribution in [2.45, 2.75) is 24.4 Å². The fraction of sp³-hybridized carbons (Fsp3) is 0.333. The number of nitrogens with zero attached hydrogens (tertiary/aromatic N) is 2. The van der Waals surface area contributed by atoms with Gasteiger partial charge in [-0.3, -0.25) is 4.79 Å². The number of carbonyl (C=O) groups excluding carboxylic acids is 1. The summed E-state index contributed by atoms with van der Waals surface area (Å²) in [5, 5.41) is 19.3. The molecule has 27 heavy (non-hydrogen) atoms. The molecule has 1 spiro atoms. The van der Waals surface area contributed by atoms with E-state index in [0.29, 0.717) is 17.9 Å². The smallest absolute Gasteiger partial charge is 0.245 e. The van der Waals surface area contributed by atoms with E-state index in [1.807, 2.05) is 30.3 Å². The molecule has 0 radical (unpaired) electrons. The Morgan fingerprint density at radius 3 is 2.93 bits per heavy atom. The van der Waals surface area contributed by atoms with Gasteiger partial charge in [0, 0.05) is 23.9 Å². The Labute approximate surface area is 156 Å². The van der Waals surface area contributed by atoms with Gasteiger partial charge in [0.1, 0.15) is 29.6 Å². The topological polar surface area (TPSA) is 82.8 Å². The zero-order chi connectivity index (χ0) is 18.6. The van der Waals surface area contributed by atoms with E-state index in [1.54, 1.807) is 11.0 Å². The molecule has 3 aliphatic heterocycles. The van der Waals surface area contributed by atoms with Crippen LogP contribution in [0.5, 0.6) is 11.5 Å². The fourth-order valence-electron chi connectivity index (χ4n) is 4.47. The van der Waals surface area contributed by atoms with Crippen molar-refractivity contribution in [1.82, 2.24) is 0 Å². The van der Waals surface area contributed by atoms with E-state index in [1.165, 1.54) is 6.07 Å². The molecule has 1 amide bonds. The molecule has 6 heteroatoms. The number of amides is 1. The summed E-state index contributed by atoms with van der Waals surface area (Å²) in [5.41, 5.74) is 1.54. The Balaban J connectivity index is 1.66. The van der Waals surface area contributed by atoms with Gasteiger partial charge in [-0.15, -0.1) is 0 Å². The number of aromatic hydroxyl groups is 1. The van der Waals surface area contributed by atoms with Crippen LogP contribution in [-0.2, 0) is 14.9 Å². The van der Waals surface area contributed by atoms with Crippen molar-refractivity contribution in [2.24, 2.45) is 0 Å². The molecule has 5 rings (SSSR count). The second kappa shape index (κ2) is 5.73.